The molecular formula is C19H27N3O6. The molecule has 0 saturated carbocycles. The molecule has 1 aromatic rings. The largest absolute Gasteiger partial charge is 0.507 e. The predicted molar refractivity (Wildman–Crippen MR) is 103 cm³/mol. The van der Waals surface area contributed by atoms with Crippen LogP contribution < -0.4 is 0 Å². The summed E-state index contributed by atoms with van der Waals surface area (Å²) >= 11 is 0. The molecule has 0 radical (unpaired) electrons. The SMILES string of the molecule is [N-]=[N+]=NCCOCCOCCOCCCC(=O)CCc1ccc(O)c(C=O)c1. The lowest BCUT2D eigenvalue weighted by atomic mass is 10.0. The van der Waals surface area contributed by atoms with Crippen LogP contribution in [0.2, 0.25) is 0 Å². The molecule has 0 saturated heterocycles. The van der Waals surface area contributed by atoms with Gasteiger partial charge in [-0.1, -0.05) is 11.2 Å². The average Bonchev–Trinajstić information content (AvgIpc) is 2.70. The van der Waals surface area contributed by atoms with Crippen molar-refractivity contribution in [3.8, 4) is 5.75 Å². The van der Waals surface area contributed by atoms with Crippen molar-refractivity contribution in [3.05, 3.63) is 39.8 Å². The number of phenols is 1. The second-order valence-electron chi connectivity index (χ2n) is 5.94. The van der Waals surface area contributed by atoms with E-state index in [2.05, 4.69) is 10.0 Å². The van der Waals surface area contributed by atoms with E-state index in [0.717, 1.165) is 5.56 Å². The molecule has 0 aliphatic carbocycles. The average molecular weight is 393 g/mol. The maximum absolute atomic E-state index is 11.9. The van der Waals surface area contributed by atoms with Crippen molar-refractivity contribution in [2.24, 2.45) is 5.11 Å². The lowest BCUT2D eigenvalue weighted by Crippen LogP contribution is -2.11. The number of benzene rings is 1. The molecule has 9 nitrogen and oxygen atoms in total. The number of nitrogens with zero attached hydrogens (tertiary/aromatic N) is 3. The van der Waals surface area contributed by atoms with Gasteiger partial charge < -0.3 is 19.3 Å². The highest BCUT2D eigenvalue weighted by atomic mass is 16.5. The fourth-order valence-electron chi connectivity index (χ4n) is 2.33. The van der Waals surface area contributed by atoms with Gasteiger partial charge in [0.25, 0.3) is 0 Å². The lowest BCUT2D eigenvalue weighted by molar-refractivity contribution is -0.119. The third-order valence-electron chi connectivity index (χ3n) is 3.80. The van der Waals surface area contributed by atoms with Gasteiger partial charge in [-0.25, -0.2) is 0 Å². The number of carbonyl (C=O) groups is 2. The predicted octanol–water partition coefficient (Wildman–Crippen LogP) is 2.85. The summed E-state index contributed by atoms with van der Waals surface area (Å²) in [6.45, 7) is 2.97. The molecule has 0 amide bonds. The van der Waals surface area contributed by atoms with Crippen molar-refractivity contribution in [3.63, 3.8) is 0 Å². The van der Waals surface area contributed by atoms with Crippen molar-refractivity contribution in [2.75, 3.05) is 46.2 Å². The van der Waals surface area contributed by atoms with Gasteiger partial charge in [0.2, 0.25) is 0 Å². The normalized spacial score (nSPS) is 10.4. The third kappa shape index (κ3) is 11.3. The summed E-state index contributed by atoms with van der Waals surface area (Å²) in [7, 11) is 0. The molecule has 0 aliphatic heterocycles. The highest BCUT2D eigenvalue weighted by Crippen LogP contribution is 2.17. The summed E-state index contributed by atoms with van der Waals surface area (Å²) in [6.07, 6.45) is 2.63. The molecule has 1 aromatic carbocycles. The molecule has 0 aromatic heterocycles. The van der Waals surface area contributed by atoms with E-state index in [1.54, 1.807) is 12.1 Å². The minimum atomic E-state index is -0.0518. The maximum Gasteiger partial charge on any atom is 0.153 e. The topological polar surface area (TPSA) is 131 Å². The highest BCUT2D eigenvalue weighted by Gasteiger charge is 2.06. The van der Waals surface area contributed by atoms with Crippen LogP contribution in [-0.2, 0) is 25.4 Å². The summed E-state index contributed by atoms with van der Waals surface area (Å²) in [4.78, 5) is 25.3. The van der Waals surface area contributed by atoms with Crippen molar-refractivity contribution in [2.45, 2.75) is 25.7 Å². The number of Topliss-reactive ketones (excluding diaryl/α,β-unsaturated/α-hetero) is 1. The lowest BCUT2D eigenvalue weighted by Gasteiger charge is -2.06. The fraction of sp³-hybridized carbons (Fsp3) is 0.579. The Morgan fingerprint density at radius 3 is 2.43 bits per heavy atom. The number of phenolic OH excluding ortho intramolecular Hbond substituents is 1. The van der Waals surface area contributed by atoms with E-state index in [1.807, 2.05) is 0 Å². The van der Waals surface area contributed by atoms with Crippen LogP contribution in [0.4, 0.5) is 0 Å². The number of hydrogen-bond acceptors (Lipinski definition) is 7. The van der Waals surface area contributed by atoms with E-state index < -0.39 is 0 Å². The Hall–Kier alpha value is -2.45. The Morgan fingerprint density at radius 1 is 1.07 bits per heavy atom. The van der Waals surface area contributed by atoms with Gasteiger partial charge in [0, 0.05) is 30.9 Å². The first-order valence-corrected chi connectivity index (χ1v) is 9.20. The molecule has 9 heteroatoms. The van der Waals surface area contributed by atoms with Crippen LogP contribution >= 0.6 is 0 Å². The second-order valence-corrected chi connectivity index (χ2v) is 5.94. The summed E-state index contributed by atoms with van der Waals surface area (Å²) < 4.78 is 15.9. The number of ether oxygens (including phenoxy) is 3. The minimum absolute atomic E-state index is 0.0518. The quantitative estimate of drug-likeness (QED) is 0.142. The van der Waals surface area contributed by atoms with Gasteiger partial charge in [-0.3, -0.25) is 9.59 Å². The molecular weight excluding hydrogens is 366 g/mol. The zero-order chi connectivity index (χ0) is 20.5. The van der Waals surface area contributed by atoms with Crippen LogP contribution in [0, 0.1) is 0 Å². The number of azide groups is 1. The molecule has 1 rings (SSSR count). The zero-order valence-electron chi connectivity index (χ0n) is 15.9. The maximum atomic E-state index is 11.9. The molecule has 0 atom stereocenters. The van der Waals surface area contributed by atoms with Gasteiger partial charge in [0.1, 0.15) is 11.5 Å². The standard InChI is InChI=1S/C19H27N3O6/c20-22-21-7-9-27-11-13-28-12-10-26-8-1-2-18(24)5-3-16-4-6-19(25)17(14-16)15-23/h4,6,14-15,25H,1-3,5,7-13H2. The summed E-state index contributed by atoms with van der Waals surface area (Å²) in [5.41, 5.74) is 9.17. The van der Waals surface area contributed by atoms with E-state index in [4.69, 9.17) is 19.7 Å². The fourth-order valence-corrected chi connectivity index (χ4v) is 2.33. The number of rotatable bonds is 17. The van der Waals surface area contributed by atoms with Crippen molar-refractivity contribution in [1.29, 1.82) is 0 Å². The van der Waals surface area contributed by atoms with Crippen LogP contribution in [-0.4, -0.2) is 63.4 Å². The Labute approximate surface area is 164 Å². The van der Waals surface area contributed by atoms with E-state index >= 15 is 0 Å². The first-order valence-electron chi connectivity index (χ1n) is 9.20. The summed E-state index contributed by atoms with van der Waals surface area (Å²) in [5.74, 6) is 0.0857. The monoisotopic (exact) mass is 393 g/mol. The third-order valence-corrected chi connectivity index (χ3v) is 3.80. The molecule has 1 N–H and O–H groups in total. The number of hydrogen-bond donors (Lipinski definition) is 1. The molecule has 0 fully saturated rings. The van der Waals surface area contributed by atoms with Crippen LogP contribution in [0.15, 0.2) is 23.3 Å². The number of aldehydes is 1. The van der Waals surface area contributed by atoms with Crippen molar-refractivity contribution < 1.29 is 28.9 Å². The Morgan fingerprint density at radius 2 is 1.75 bits per heavy atom. The van der Waals surface area contributed by atoms with Gasteiger partial charge in [-0.15, -0.1) is 0 Å². The first kappa shape index (κ1) is 23.6. The molecule has 154 valence electrons. The summed E-state index contributed by atoms with van der Waals surface area (Å²) in [6, 6.07) is 4.78. The van der Waals surface area contributed by atoms with E-state index in [9.17, 15) is 14.7 Å². The molecule has 0 unspecified atom stereocenters. The molecule has 0 heterocycles. The van der Waals surface area contributed by atoms with Gasteiger partial charge in [0.05, 0.1) is 38.6 Å². The number of aromatic hydroxyl groups is 1. The second kappa shape index (κ2) is 15.6. The van der Waals surface area contributed by atoms with Crippen LogP contribution in [0.25, 0.3) is 10.4 Å². The molecule has 0 spiro atoms. The summed E-state index contributed by atoms with van der Waals surface area (Å²) in [5, 5.41) is 12.8. The molecule has 28 heavy (non-hydrogen) atoms. The number of aryl methyl sites for hydroxylation is 1. The first-order chi connectivity index (χ1) is 13.7. The van der Waals surface area contributed by atoms with Gasteiger partial charge in [-0.2, -0.15) is 0 Å². The van der Waals surface area contributed by atoms with E-state index in [1.165, 1.54) is 6.07 Å². The van der Waals surface area contributed by atoms with Crippen molar-refractivity contribution in [1.82, 2.24) is 0 Å². The van der Waals surface area contributed by atoms with E-state index in [-0.39, 0.29) is 17.1 Å². The van der Waals surface area contributed by atoms with Gasteiger partial charge in [0.15, 0.2) is 6.29 Å². The van der Waals surface area contributed by atoms with Crippen LogP contribution in [0.5, 0.6) is 5.75 Å². The van der Waals surface area contributed by atoms with E-state index in [0.29, 0.717) is 78.2 Å². The van der Waals surface area contributed by atoms with Gasteiger partial charge >= 0.3 is 0 Å². The van der Waals surface area contributed by atoms with Crippen molar-refractivity contribution >= 4 is 12.1 Å². The number of carbonyl (C=O) groups excluding carboxylic acids is 2. The molecule has 0 aliphatic rings. The van der Waals surface area contributed by atoms with Crippen LogP contribution in [0.1, 0.15) is 35.2 Å². The number of ketones is 1. The van der Waals surface area contributed by atoms with Gasteiger partial charge in [-0.05, 0) is 36.1 Å². The Kier molecular flexibility index (Phi) is 13.1. The minimum Gasteiger partial charge on any atom is -0.507 e. The smallest absolute Gasteiger partial charge is 0.153 e. The zero-order valence-corrected chi connectivity index (χ0v) is 15.9. The Balaban J connectivity index is 1.95. The van der Waals surface area contributed by atoms with Crippen LogP contribution in [0.3, 0.4) is 0 Å². The molecule has 0 bridgehead atoms. The highest BCUT2D eigenvalue weighted by molar-refractivity contribution is 5.80. The Bertz CT molecular complexity index is 647.